The van der Waals surface area contributed by atoms with E-state index < -0.39 is 11.9 Å². The summed E-state index contributed by atoms with van der Waals surface area (Å²) in [4.78, 5) is 34.8. The minimum atomic E-state index is -0.975. The molecule has 2 aromatic rings. The topological polar surface area (TPSA) is 83.5 Å². The van der Waals surface area contributed by atoms with Crippen LogP contribution < -0.4 is 5.32 Å². The Morgan fingerprint density at radius 2 is 2.00 bits per heavy atom. The Morgan fingerprint density at radius 3 is 2.68 bits per heavy atom. The molecular weight excluding hydrogens is 322 g/mol. The third-order valence-electron chi connectivity index (χ3n) is 2.98. The molecule has 0 saturated carbocycles. The second-order valence-corrected chi connectivity index (χ2v) is 6.43. The van der Waals surface area contributed by atoms with E-state index >= 15 is 0 Å². The molecule has 110 valence electrons. The first kappa shape index (κ1) is 14.6. The summed E-state index contributed by atoms with van der Waals surface area (Å²) >= 11 is 2.29. The highest BCUT2D eigenvalue weighted by atomic mass is 32.2. The number of amides is 2. The molecule has 0 radical (unpaired) electrons. The smallest absolute Gasteiger partial charge is 0.335 e. The number of carboxylic acids is 1. The van der Waals surface area contributed by atoms with Crippen molar-refractivity contribution in [2.75, 3.05) is 0 Å². The van der Waals surface area contributed by atoms with Crippen molar-refractivity contribution in [3.05, 3.63) is 51.1 Å². The summed E-state index contributed by atoms with van der Waals surface area (Å²) in [5.41, 5.74) is 1.88. The monoisotopic (exact) mass is 331 g/mol. The van der Waals surface area contributed by atoms with Gasteiger partial charge in [-0.05, 0) is 52.5 Å². The molecule has 7 heteroatoms. The largest absolute Gasteiger partial charge is 0.478 e. The molecule has 1 aromatic heterocycles. The summed E-state index contributed by atoms with van der Waals surface area (Å²) in [6, 6.07) is 8.50. The van der Waals surface area contributed by atoms with Crippen molar-refractivity contribution in [1.29, 1.82) is 0 Å². The number of carbonyl (C=O) groups is 3. The maximum Gasteiger partial charge on any atom is 0.335 e. The van der Waals surface area contributed by atoms with Crippen LogP contribution in [0.15, 0.2) is 40.6 Å². The van der Waals surface area contributed by atoms with Crippen molar-refractivity contribution >= 4 is 46.3 Å². The standard InChI is InChI=1S/C15H9NO4S2/c17-13-12(22-15(20)16-13)6-11-5-10(7-21-11)8-2-1-3-9(4-8)14(18)19/h1-7H,(H,18,19)(H,16,17,20). The van der Waals surface area contributed by atoms with Crippen LogP contribution in [0.3, 0.4) is 0 Å². The summed E-state index contributed by atoms with van der Waals surface area (Å²) in [5.74, 6) is -1.37. The minimum absolute atomic E-state index is 0.222. The second kappa shape index (κ2) is 5.78. The normalized spacial score (nSPS) is 16.1. The van der Waals surface area contributed by atoms with Gasteiger partial charge in [-0.15, -0.1) is 11.3 Å². The number of carboxylic acid groups (broad SMARTS) is 1. The summed E-state index contributed by atoms with van der Waals surface area (Å²) in [7, 11) is 0. The summed E-state index contributed by atoms with van der Waals surface area (Å²) in [6.45, 7) is 0. The fourth-order valence-electron chi connectivity index (χ4n) is 1.96. The number of benzene rings is 1. The fraction of sp³-hybridized carbons (Fsp3) is 0. The Hall–Kier alpha value is -2.38. The van der Waals surface area contributed by atoms with Crippen LogP contribution in [0.4, 0.5) is 4.79 Å². The van der Waals surface area contributed by atoms with Gasteiger partial charge in [-0.2, -0.15) is 0 Å². The van der Waals surface area contributed by atoms with Crippen LogP contribution in [0.5, 0.6) is 0 Å². The van der Waals surface area contributed by atoms with Gasteiger partial charge in [0.05, 0.1) is 10.5 Å². The van der Waals surface area contributed by atoms with E-state index in [1.165, 1.54) is 17.4 Å². The molecule has 22 heavy (non-hydrogen) atoms. The molecule has 2 heterocycles. The lowest BCUT2D eigenvalue weighted by atomic mass is 10.1. The van der Waals surface area contributed by atoms with E-state index in [4.69, 9.17) is 5.11 Å². The number of imide groups is 1. The van der Waals surface area contributed by atoms with Crippen LogP contribution >= 0.6 is 23.1 Å². The Balaban J connectivity index is 1.90. The summed E-state index contributed by atoms with van der Waals surface area (Å²) in [6.07, 6.45) is 1.65. The third-order valence-corrected chi connectivity index (χ3v) is 4.67. The maximum atomic E-state index is 11.5. The number of rotatable bonds is 3. The van der Waals surface area contributed by atoms with Crippen molar-refractivity contribution in [1.82, 2.24) is 5.32 Å². The molecule has 1 aromatic carbocycles. The van der Waals surface area contributed by atoms with Gasteiger partial charge < -0.3 is 5.11 Å². The fourth-order valence-corrected chi connectivity index (χ4v) is 3.56. The number of thiophene rings is 1. The zero-order chi connectivity index (χ0) is 15.7. The van der Waals surface area contributed by atoms with Crippen LogP contribution in [-0.2, 0) is 4.79 Å². The summed E-state index contributed by atoms with van der Waals surface area (Å²) < 4.78 is 0. The van der Waals surface area contributed by atoms with E-state index in [-0.39, 0.29) is 10.8 Å². The Bertz CT molecular complexity index is 822. The second-order valence-electron chi connectivity index (χ2n) is 4.48. The molecule has 5 nitrogen and oxygen atoms in total. The summed E-state index contributed by atoms with van der Waals surface area (Å²) in [5, 5.41) is 12.7. The molecule has 2 amide bonds. The highest BCUT2D eigenvalue weighted by Gasteiger charge is 2.25. The van der Waals surface area contributed by atoms with E-state index in [1.54, 1.807) is 18.2 Å². The molecule has 1 aliphatic rings. The van der Waals surface area contributed by atoms with Crippen molar-refractivity contribution in [2.45, 2.75) is 0 Å². The van der Waals surface area contributed by atoms with Gasteiger partial charge >= 0.3 is 5.97 Å². The Kier molecular flexibility index (Phi) is 3.82. The first-order chi connectivity index (χ1) is 10.5. The molecule has 0 bridgehead atoms. The molecule has 0 atom stereocenters. The lowest BCUT2D eigenvalue weighted by Gasteiger charge is -1.99. The highest BCUT2D eigenvalue weighted by Crippen LogP contribution is 2.31. The molecule has 1 saturated heterocycles. The Morgan fingerprint density at radius 1 is 1.18 bits per heavy atom. The zero-order valence-electron chi connectivity index (χ0n) is 11.0. The zero-order valence-corrected chi connectivity index (χ0v) is 12.7. The van der Waals surface area contributed by atoms with Gasteiger partial charge in [0.1, 0.15) is 0 Å². The molecule has 1 aliphatic heterocycles. The number of hydrogen-bond acceptors (Lipinski definition) is 5. The van der Waals surface area contributed by atoms with E-state index in [9.17, 15) is 14.4 Å². The maximum absolute atomic E-state index is 11.5. The lowest BCUT2D eigenvalue weighted by Crippen LogP contribution is -2.17. The van der Waals surface area contributed by atoms with Crippen molar-refractivity contribution < 1.29 is 19.5 Å². The van der Waals surface area contributed by atoms with Crippen LogP contribution in [0.1, 0.15) is 15.2 Å². The number of aromatic carboxylic acids is 1. The van der Waals surface area contributed by atoms with Gasteiger partial charge in [0.2, 0.25) is 0 Å². The van der Waals surface area contributed by atoms with Crippen LogP contribution in [0.2, 0.25) is 0 Å². The highest BCUT2D eigenvalue weighted by molar-refractivity contribution is 8.18. The van der Waals surface area contributed by atoms with Gasteiger partial charge in [-0.3, -0.25) is 14.9 Å². The van der Waals surface area contributed by atoms with E-state index in [2.05, 4.69) is 5.32 Å². The first-order valence-corrected chi connectivity index (χ1v) is 7.89. The van der Waals surface area contributed by atoms with E-state index in [0.717, 1.165) is 27.8 Å². The van der Waals surface area contributed by atoms with Gasteiger partial charge in [-0.1, -0.05) is 12.1 Å². The van der Waals surface area contributed by atoms with E-state index in [0.29, 0.717) is 4.91 Å². The SMILES string of the molecule is O=C1NC(=O)C(=Cc2cc(-c3cccc(C(=O)O)c3)cs2)S1. The Labute approximate surface area is 133 Å². The van der Waals surface area contributed by atoms with Crippen LogP contribution in [-0.4, -0.2) is 22.2 Å². The molecular formula is C15H9NO4S2. The number of hydrogen-bond donors (Lipinski definition) is 2. The number of carbonyl (C=O) groups excluding carboxylic acids is 2. The average Bonchev–Trinajstić information content (AvgIpc) is 3.06. The average molecular weight is 331 g/mol. The van der Waals surface area contributed by atoms with Crippen molar-refractivity contribution in [3.63, 3.8) is 0 Å². The predicted molar refractivity (Wildman–Crippen MR) is 85.8 cm³/mol. The van der Waals surface area contributed by atoms with E-state index in [1.807, 2.05) is 17.5 Å². The minimum Gasteiger partial charge on any atom is -0.478 e. The molecule has 0 aliphatic carbocycles. The van der Waals surface area contributed by atoms with Crippen molar-refractivity contribution in [2.24, 2.45) is 0 Å². The number of nitrogens with one attached hydrogen (secondary N) is 1. The van der Waals surface area contributed by atoms with Crippen LogP contribution in [0, 0.1) is 0 Å². The third kappa shape index (κ3) is 2.95. The molecule has 3 rings (SSSR count). The van der Waals surface area contributed by atoms with Gasteiger partial charge in [-0.25, -0.2) is 4.79 Å². The van der Waals surface area contributed by atoms with Gasteiger partial charge in [0.15, 0.2) is 0 Å². The number of thioether (sulfide) groups is 1. The molecule has 0 unspecified atom stereocenters. The lowest BCUT2D eigenvalue weighted by molar-refractivity contribution is -0.115. The van der Waals surface area contributed by atoms with Gasteiger partial charge in [0, 0.05) is 4.88 Å². The predicted octanol–water partition coefficient (Wildman–Crippen LogP) is 3.44. The molecule has 1 fully saturated rings. The van der Waals surface area contributed by atoms with Gasteiger partial charge in [0.25, 0.3) is 11.1 Å². The van der Waals surface area contributed by atoms with Crippen LogP contribution in [0.25, 0.3) is 17.2 Å². The molecule has 0 spiro atoms. The first-order valence-electron chi connectivity index (χ1n) is 6.20. The molecule has 2 N–H and O–H groups in total. The van der Waals surface area contributed by atoms with Crippen molar-refractivity contribution in [3.8, 4) is 11.1 Å². The quantitative estimate of drug-likeness (QED) is 0.842.